The zero-order valence-corrected chi connectivity index (χ0v) is 11.5. The second-order valence-electron chi connectivity index (χ2n) is 6.46. The Labute approximate surface area is 100 Å². The predicted molar refractivity (Wildman–Crippen MR) is 73.4 cm³/mol. The summed E-state index contributed by atoms with van der Waals surface area (Å²) in [4.78, 5) is 0. The molecule has 0 aromatic carbocycles. The van der Waals surface area contributed by atoms with Crippen LogP contribution in [-0.4, -0.2) is 0 Å². The standard InChI is InChI=1S/C16H24/c1-15(2,3)13-9-7-11-14(12-8-10-13)16(4,5)6/h7-12H,1-6H3. The van der Waals surface area contributed by atoms with Crippen molar-refractivity contribution in [2.45, 2.75) is 41.5 Å². The molecule has 0 bridgehead atoms. The Morgan fingerprint density at radius 3 is 1.19 bits per heavy atom. The lowest BCUT2D eigenvalue weighted by Gasteiger charge is -2.22. The first-order chi connectivity index (χ1) is 7.21. The molecule has 1 rings (SSSR count). The molecule has 0 atom stereocenters. The lowest BCUT2D eigenvalue weighted by atomic mass is 9.82. The van der Waals surface area contributed by atoms with Gasteiger partial charge in [-0.25, -0.2) is 0 Å². The van der Waals surface area contributed by atoms with Crippen LogP contribution in [0.4, 0.5) is 0 Å². The summed E-state index contributed by atoms with van der Waals surface area (Å²) in [6.07, 6.45) is 13.2. The maximum atomic E-state index is 2.24. The predicted octanol–water partition coefficient (Wildman–Crippen LogP) is 5.06. The van der Waals surface area contributed by atoms with Crippen molar-refractivity contribution >= 4 is 0 Å². The van der Waals surface area contributed by atoms with Gasteiger partial charge in [0.05, 0.1) is 0 Å². The Balaban J connectivity index is 2.98. The van der Waals surface area contributed by atoms with Gasteiger partial charge in [0.2, 0.25) is 0 Å². The molecule has 1 aliphatic carbocycles. The van der Waals surface area contributed by atoms with Crippen molar-refractivity contribution in [1.82, 2.24) is 0 Å². The Hall–Kier alpha value is -1.04. The van der Waals surface area contributed by atoms with Crippen LogP contribution >= 0.6 is 0 Å². The van der Waals surface area contributed by atoms with Crippen LogP contribution in [0.3, 0.4) is 0 Å². The van der Waals surface area contributed by atoms with Gasteiger partial charge in [0.1, 0.15) is 0 Å². The minimum atomic E-state index is 0.216. The molecule has 0 N–H and O–H groups in total. The summed E-state index contributed by atoms with van der Waals surface area (Å²) in [5, 5.41) is 0. The van der Waals surface area contributed by atoms with Gasteiger partial charge in [0.15, 0.2) is 0 Å². The fourth-order valence-corrected chi connectivity index (χ4v) is 1.62. The van der Waals surface area contributed by atoms with E-state index >= 15 is 0 Å². The fraction of sp³-hybridized carbons (Fsp3) is 0.500. The summed E-state index contributed by atoms with van der Waals surface area (Å²) in [7, 11) is 0. The SMILES string of the molecule is CC(C)(C)C1=CC=CC(C(C)(C)C)=CC=C1. The highest BCUT2D eigenvalue weighted by molar-refractivity contribution is 5.39. The van der Waals surface area contributed by atoms with Crippen LogP contribution < -0.4 is 0 Å². The van der Waals surface area contributed by atoms with Crippen LogP contribution in [0.25, 0.3) is 0 Å². The normalized spacial score (nSPS) is 17.6. The molecule has 0 fully saturated rings. The van der Waals surface area contributed by atoms with E-state index in [1.165, 1.54) is 11.1 Å². The van der Waals surface area contributed by atoms with E-state index < -0.39 is 0 Å². The second kappa shape index (κ2) is 4.45. The van der Waals surface area contributed by atoms with Gasteiger partial charge in [-0.2, -0.15) is 0 Å². The molecular formula is C16H24. The van der Waals surface area contributed by atoms with Crippen LogP contribution in [0.5, 0.6) is 0 Å². The maximum absolute atomic E-state index is 2.24. The fourth-order valence-electron chi connectivity index (χ4n) is 1.62. The molecule has 0 unspecified atom stereocenters. The molecule has 0 radical (unpaired) electrons. The highest BCUT2D eigenvalue weighted by atomic mass is 14.2. The van der Waals surface area contributed by atoms with Crippen molar-refractivity contribution in [2.75, 3.05) is 0 Å². The zero-order valence-electron chi connectivity index (χ0n) is 11.5. The molecule has 1 aliphatic rings. The van der Waals surface area contributed by atoms with Gasteiger partial charge >= 0.3 is 0 Å². The highest BCUT2D eigenvalue weighted by Crippen LogP contribution is 2.30. The first kappa shape index (κ1) is 13.0. The van der Waals surface area contributed by atoms with Gasteiger partial charge in [-0.3, -0.25) is 0 Å². The molecule has 16 heavy (non-hydrogen) atoms. The van der Waals surface area contributed by atoms with E-state index in [0.717, 1.165) is 0 Å². The quantitative estimate of drug-likeness (QED) is 0.531. The minimum absolute atomic E-state index is 0.216. The smallest absolute Gasteiger partial charge is 0.0132 e. The molecular weight excluding hydrogens is 192 g/mol. The number of hydrogen-bond acceptors (Lipinski definition) is 0. The third-order valence-corrected chi connectivity index (χ3v) is 2.84. The van der Waals surface area contributed by atoms with Crippen molar-refractivity contribution in [2.24, 2.45) is 10.8 Å². The molecule has 88 valence electrons. The van der Waals surface area contributed by atoms with Gasteiger partial charge in [-0.1, -0.05) is 78.0 Å². The summed E-state index contributed by atoms with van der Waals surface area (Å²) >= 11 is 0. The molecule has 0 aromatic rings. The molecule has 0 aromatic heterocycles. The van der Waals surface area contributed by atoms with Crippen molar-refractivity contribution in [1.29, 1.82) is 0 Å². The molecule has 0 spiro atoms. The number of allylic oxidation sites excluding steroid dienone is 8. The summed E-state index contributed by atoms with van der Waals surface area (Å²) in [6.45, 7) is 13.5. The van der Waals surface area contributed by atoms with E-state index in [9.17, 15) is 0 Å². The van der Waals surface area contributed by atoms with Crippen LogP contribution in [0, 0.1) is 10.8 Å². The summed E-state index contributed by atoms with van der Waals surface area (Å²) < 4.78 is 0. The van der Waals surface area contributed by atoms with E-state index in [-0.39, 0.29) is 10.8 Å². The molecule has 0 aliphatic heterocycles. The van der Waals surface area contributed by atoms with Gasteiger partial charge in [-0.05, 0) is 22.0 Å². The average molecular weight is 216 g/mol. The van der Waals surface area contributed by atoms with Crippen LogP contribution in [-0.2, 0) is 0 Å². The second-order valence-corrected chi connectivity index (χ2v) is 6.46. The third kappa shape index (κ3) is 3.52. The van der Waals surface area contributed by atoms with Gasteiger partial charge in [0.25, 0.3) is 0 Å². The summed E-state index contributed by atoms with van der Waals surface area (Å²) in [5.41, 5.74) is 3.17. The zero-order chi connectivity index (χ0) is 12.4. The monoisotopic (exact) mass is 216 g/mol. The Bertz CT molecular complexity index is 322. The highest BCUT2D eigenvalue weighted by Gasteiger charge is 2.16. The van der Waals surface area contributed by atoms with Crippen LogP contribution in [0.2, 0.25) is 0 Å². The first-order valence-electron chi connectivity index (χ1n) is 5.99. The molecule has 0 nitrogen and oxygen atoms in total. The maximum Gasteiger partial charge on any atom is -0.0132 e. The van der Waals surface area contributed by atoms with E-state index in [4.69, 9.17) is 0 Å². The summed E-state index contributed by atoms with van der Waals surface area (Å²) in [6, 6.07) is 0. The molecule has 0 amide bonds. The van der Waals surface area contributed by atoms with Gasteiger partial charge in [0, 0.05) is 0 Å². The lowest BCUT2D eigenvalue weighted by Crippen LogP contribution is -2.09. The Morgan fingerprint density at radius 1 is 0.625 bits per heavy atom. The summed E-state index contributed by atoms with van der Waals surface area (Å²) in [5.74, 6) is 0. The van der Waals surface area contributed by atoms with E-state index in [0.29, 0.717) is 0 Å². The van der Waals surface area contributed by atoms with E-state index in [1.807, 2.05) is 0 Å². The largest absolute Gasteiger partial charge is 0.0617 e. The number of hydrogen-bond donors (Lipinski definition) is 0. The van der Waals surface area contributed by atoms with Gasteiger partial charge in [-0.15, -0.1) is 0 Å². The Morgan fingerprint density at radius 2 is 0.938 bits per heavy atom. The van der Waals surface area contributed by atoms with Crippen molar-refractivity contribution < 1.29 is 0 Å². The molecule has 0 heterocycles. The van der Waals surface area contributed by atoms with E-state index in [1.54, 1.807) is 0 Å². The molecule has 0 saturated carbocycles. The van der Waals surface area contributed by atoms with Crippen LogP contribution in [0.15, 0.2) is 47.6 Å². The van der Waals surface area contributed by atoms with Crippen molar-refractivity contribution in [3.63, 3.8) is 0 Å². The first-order valence-corrected chi connectivity index (χ1v) is 5.99. The van der Waals surface area contributed by atoms with Crippen molar-refractivity contribution in [3.05, 3.63) is 47.6 Å². The topological polar surface area (TPSA) is 0 Å². The van der Waals surface area contributed by atoms with Gasteiger partial charge < -0.3 is 0 Å². The van der Waals surface area contributed by atoms with E-state index in [2.05, 4.69) is 78.0 Å². The molecule has 0 heteroatoms. The third-order valence-electron chi connectivity index (χ3n) is 2.84. The Kier molecular flexibility index (Phi) is 3.62. The van der Waals surface area contributed by atoms with Crippen LogP contribution in [0.1, 0.15) is 41.5 Å². The molecule has 0 saturated heterocycles. The van der Waals surface area contributed by atoms with Crippen molar-refractivity contribution in [3.8, 4) is 0 Å². The average Bonchev–Trinajstić information content (AvgIpc) is 1.96. The number of rotatable bonds is 0. The minimum Gasteiger partial charge on any atom is -0.0617 e. The lowest BCUT2D eigenvalue weighted by molar-refractivity contribution is 0.513.